The van der Waals surface area contributed by atoms with Crippen LogP contribution < -0.4 is 5.32 Å². The van der Waals surface area contributed by atoms with Gasteiger partial charge in [-0.25, -0.2) is 14.0 Å². The fourth-order valence-corrected chi connectivity index (χ4v) is 6.99. The number of amides is 1. The molecule has 13 heteroatoms. The van der Waals surface area contributed by atoms with Crippen molar-refractivity contribution >= 4 is 23.6 Å². The summed E-state index contributed by atoms with van der Waals surface area (Å²) in [5.41, 5.74) is -6.16. The van der Waals surface area contributed by atoms with E-state index in [-0.39, 0.29) is 31.0 Å². The average Bonchev–Trinajstić information content (AvgIpc) is 3.28. The number of aliphatic hydroxyl groups excluding tert-OH is 1. The number of fused-ring (bicyclic) bond motifs is 1. The number of carbonyl (C=O) groups is 4. The summed E-state index contributed by atoms with van der Waals surface area (Å²) in [5.74, 6) is -5.82. The highest BCUT2D eigenvalue weighted by Gasteiger charge is 2.59. The van der Waals surface area contributed by atoms with Gasteiger partial charge < -0.3 is 39.0 Å². The molecule has 0 bridgehead atoms. The Balaban J connectivity index is 2.16. The quantitative estimate of drug-likeness (QED) is 0.250. The maximum atomic E-state index is 16.4. The number of aliphatic hydroxyl groups is 1. The lowest BCUT2D eigenvalue weighted by Gasteiger charge is -2.47. The van der Waals surface area contributed by atoms with Gasteiger partial charge in [0.25, 0.3) is 5.67 Å². The summed E-state index contributed by atoms with van der Waals surface area (Å²) in [6.45, 7) is 15.6. The maximum absolute atomic E-state index is 16.4. The molecule has 0 aromatic rings. The van der Waals surface area contributed by atoms with E-state index in [2.05, 4.69) is 11.9 Å². The monoisotopic (exact) mass is 642 g/mol. The minimum atomic E-state index is -3.15. The Kier molecular flexibility index (Phi) is 11.3. The van der Waals surface area contributed by atoms with Crippen LogP contribution >= 0.6 is 0 Å². The van der Waals surface area contributed by atoms with Crippen LogP contribution in [-0.4, -0.2) is 114 Å². The summed E-state index contributed by atoms with van der Waals surface area (Å²) in [6.07, 6.45) is -4.12. The molecule has 0 saturated carbocycles. The largest absolute Gasteiger partial charge is 0.456 e. The third-order valence-corrected chi connectivity index (χ3v) is 9.84. The van der Waals surface area contributed by atoms with Gasteiger partial charge in [-0.05, 0) is 61.6 Å². The molecule has 0 spiro atoms. The summed E-state index contributed by atoms with van der Waals surface area (Å²) in [4.78, 5) is 55.5. The van der Waals surface area contributed by atoms with Crippen LogP contribution in [0.5, 0.6) is 0 Å². The van der Waals surface area contributed by atoms with Crippen molar-refractivity contribution in [3.8, 4) is 0 Å². The molecule has 3 aliphatic heterocycles. The van der Waals surface area contributed by atoms with Gasteiger partial charge in [0, 0.05) is 23.8 Å². The van der Waals surface area contributed by atoms with Crippen molar-refractivity contribution in [1.29, 1.82) is 0 Å². The SMILES string of the molecule is C=CCO[C@@]1(C)C[C@@H](C)C(=O)[C@H](C)[C@H]2NC(=O)O[C@]2(C)[C@@H](C)OC(=O)[C@@](C)(F)C(=O)[C@H](C)[C@H]1O[C@@H]1O[C@H](C)C[C@H](N(C)C)[C@H]1O. The van der Waals surface area contributed by atoms with Gasteiger partial charge in [-0.2, -0.15) is 0 Å². The number of likely N-dealkylation sites (N-methyl/N-ethyl adjacent to an activating group) is 1. The van der Waals surface area contributed by atoms with E-state index in [4.69, 9.17) is 23.7 Å². The standard InChI is InChI=1S/C32H51FN2O10/c1-12-13-41-30(7)15-16(2)22(36)18(4)24-32(9,45-29(40)34-24)20(6)43-28(39)31(8,33)25(38)19(5)26(30)44-27-23(37)21(35(10)11)14-17(3)42-27/h12,16-21,23-24,26-27,37H,1,13-15H2,2-11H3,(H,34,40)/t16-,17-,18+,19+,20-,21+,23-,24-,26-,27+,30+,31+,32-/m1/s1. The van der Waals surface area contributed by atoms with E-state index in [1.165, 1.54) is 26.8 Å². The summed E-state index contributed by atoms with van der Waals surface area (Å²) in [7, 11) is 3.62. The molecule has 3 saturated heterocycles. The Bertz CT molecular complexity index is 1150. The van der Waals surface area contributed by atoms with Crippen LogP contribution in [0, 0.1) is 17.8 Å². The van der Waals surface area contributed by atoms with Gasteiger partial charge in [-0.3, -0.25) is 9.59 Å². The maximum Gasteiger partial charge on any atom is 0.408 e. The van der Waals surface area contributed by atoms with Crippen LogP contribution in [0.1, 0.15) is 68.2 Å². The molecule has 13 atom stereocenters. The second-order valence-electron chi connectivity index (χ2n) is 13.7. The molecule has 0 radical (unpaired) electrons. The minimum Gasteiger partial charge on any atom is -0.456 e. The van der Waals surface area contributed by atoms with Crippen LogP contribution in [0.4, 0.5) is 9.18 Å². The first-order valence-corrected chi connectivity index (χ1v) is 15.6. The number of alkyl carbamates (subject to hydrolysis) is 1. The lowest BCUT2D eigenvalue weighted by atomic mass is 9.73. The number of hydrogen-bond donors (Lipinski definition) is 2. The Morgan fingerprint density at radius 1 is 1.09 bits per heavy atom. The van der Waals surface area contributed by atoms with Crippen molar-refractivity contribution < 1.29 is 52.4 Å². The molecule has 3 heterocycles. The topological polar surface area (TPSA) is 150 Å². The average molecular weight is 643 g/mol. The van der Waals surface area contributed by atoms with Gasteiger partial charge in [-0.15, -0.1) is 6.58 Å². The predicted octanol–water partition coefficient (Wildman–Crippen LogP) is 2.74. The molecule has 3 rings (SSSR count). The Morgan fingerprint density at radius 2 is 1.71 bits per heavy atom. The number of Topliss-reactive ketones (excluding diaryl/α,β-unsaturated/α-hetero) is 2. The Morgan fingerprint density at radius 3 is 2.29 bits per heavy atom. The zero-order chi connectivity index (χ0) is 34.2. The number of carbonyl (C=O) groups excluding carboxylic acids is 4. The van der Waals surface area contributed by atoms with E-state index in [1.54, 1.807) is 20.8 Å². The van der Waals surface area contributed by atoms with Gasteiger partial charge in [0.05, 0.1) is 30.5 Å². The van der Waals surface area contributed by atoms with Crippen molar-refractivity contribution in [3.05, 3.63) is 12.7 Å². The number of nitrogens with zero attached hydrogens (tertiary/aromatic N) is 1. The summed E-state index contributed by atoms with van der Waals surface area (Å²) < 4.78 is 46.0. The van der Waals surface area contributed by atoms with Gasteiger partial charge in [0.15, 0.2) is 17.7 Å². The molecule has 45 heavy (non-hydrogen) atoms. The van der Waals surface area contributed by atoms with E-state index in [9.17, 15) is 24.3 Å². The lowest BCUT2D eigenvalue weighted by molar-refractivity contribution is -0.297. The molecule has 0 unspecified atom stereocenters. The van der Waals surface area contributed by atoms with Crippen LogP contribution in [0.25, 0.3) is 0 Å². The zero-order valence-corrected chi connectivity index (χ0v) is 28.1. The fraction of sp³-hybridized carbons (Fsp3) is 0.812. The molecule has 0 aromatic heterocycles. The molecule has 3 aliphatic rings. The number of rotatable bonds is 6. The number of esters is 1. The van der Waals surface area contributed by atoms with Crippen molar-refractivity contribution in [2.24, 2.45) is 17.8 Å². The second kappa shape index (κ2) is 13.7. The first-order valence-electron chi connectivity index (χ1n) is 15.6. The van der Waals surface area contributed by atoms with Gasteiger partial charge in [0.2, 0.25) is 0 Å². The minimum absolute atomic E-state index is 0.0109. The van der Waals surface area contributed by atoms with Crippen molar-refractivity contribution in [2.45, 2.75) is 128 Å². The number of cyclic esters (lactones) is 1. The van der Waals surface area contributed by atoms with Crippen LogP contribution in [0.3, 0.4) is 0 Å². The molecule has 3 fully saturated rings. The van der Waals surface area contributed by atoms with E-state index in [1.807, 2.05) is 25.9 Å². The van der Waals surface area contributed by atoms with E-state index in [0.717, 1.165) is 6.92 Å². The third-order valence-electron chi connectivity index (χ3n) is 9.84. The van der Waals surface area contributed by atoms with E-state index < -0.39 is 83.1 Å². The Hall–Kier alpha value is -2.45. The summed E-state index contributed by atoms with van der Waals surface area (Å²) in [5, 5.41) is 13.9. The molecular formula is C32H51FN2O10. The summed E-state index contributed by atoms with van der Waals surface area (Å²) >= 11 is 0. The molecule has 0 aromatic carbocycles. The number of ether oxygens (including phenoxy) is 5. The Labute approximate surface area is 265 Å². The molecule has 2 N–H and O–H groups in total. The molecule has 1 amide bonds. The summed E-state index contributed by atoms with van der Waals surface area (Å²) in [6, 6.07) is -1.29. The number of halogens is 1. The number of nitrogens with one attached hydrogen (secondary N) is 1. The van der Waals surface area contributed by atoms with Crippen molar-refractivity contribution in [3.63, 3.8) is 0 Å². The van der Waals surface area contributed by atoms with Crippen LogP contribution in [0.15, 0.2) is 12.7 Å². The highest BCUT2D eigenvalue weighted by atomic mass is 19.1. The van der Waals surface area contributed by atoms with Crippen LogP contribution in [0.2, 0.25) is 0 Å². The number of hydrogen-bond acceptors (Lipinski definition) is 11. The number of ketones is 2. The molecule has 256 valence electrons. The van der Waals surface area contributed by atoms with Gasteiger partial charge in [-0.1, -0.05) is 26.8 Å². The zero-order valence-electron chi connectivity index (χ0n) is 28.1. The molecule has 0 aliphatic carbocycles. The van der Waals surface area contributed by atoms with Gasteiger partial charge >= 0.3 is 12.1 Å². The van der Waals surface area contributed by atoms with Crippen LogP contribution in [-0.2, 0) is 38.1 Å². The third kappa shape index (κ3) is 7.27. The van der Waals surface area contributed by atoms with E-state index >= 15 is 4.39 Å². The number of alkyl halides is 1. The smallest absolute Gasteiger partial charge is 0.408 e. The van der Waals surface area contributed by atoms with Gasteiger partial charge in [0.1, 0.15) is 18.0 Å². The fourth-order valence-electron chi connectivity index (χ4n) is 6.99. The lowest BCUT2D eigenvalue weighted by Crippen LogP contribution is -2.61. The first-order chi connectivity index (χ1) is 20.7. The van der Waals surface area contributed by atoms with Crippen molar-refractivity contribution in [2.75, 3.05) is 20.7 Å². The second-order valence-corrected chi connectivity index (χ2v) is 13.7. The normalized spacial score (nSPS) is 45.3. The first kappa shape index (κ1) is 37.0. The van der Waals surface area contributed by atoms with E-state index in [0.29, 0.717) is 6.42 Å². The highest BCUT2D eigenvalue weighted by Crippen LogP contribution is 2.40. The predicted molar refractivity (Wildman–Crippen MR) is 161 cm³/mol. The van der Waals surface area contributed by atoms with Crippen molar-refractivity contribution in [1.82, 2.24) is 10.2 Å². The highest BCUT2D eigenvalue weighted by molar-refractivity contribution is 6.07. The molecule has 12 nitrogen and oxygen atoms in total. The molecular weight excluding hydrogens is 591 g/mol.